The highest BCUT2D eigenvalue weighted by molar-refractivity contribution is 5.77. The summed E-state index contributed by atoms with van der Waals surface area (Å²) in [5, 5.41) is 0. The number of amides is 1. The Morgan fingerprint density at radius 2 is 2.05 bits per heavy atom. The molecule has 2 rings (SSSR count). The molecule has 0 aromatic carbocycles. The van der Waals surface area contributed by atoms with Crippen LogP contribution in [0.15, 0.2) is 42.7 Å². The molecule has 2 aromatic rings. The van der Waals surface area contributed by atoms with Crippen molar-refractivity contribution in [3.05, 3.63) is 42.7 Å². The Morgan fingerprint density at radius 1 is 1.21 bits per heavy atom. The minimum absolute atomic E-state index is 0.0110. The molecule has 5 nitrogen and oxygen atoms in total. The number of hydrogen-bond donors (Lipinski definition) is 0. The molecule has 2 heterocycles. The molecule has 5 heteroatoms. The zero-order chi connectivity index (χ0) is 13.7. The number of carbonyl (C=O) groups excluding carboxylic acids is 1. The minimum atomic E-state index is -0.101. The lowest BCUT2D eigenvalue weighted by atomic mass is 10.2. The van der Waals surface area contributed by atoms with E-state index in [1.807, 2.05) is 24.3 Å². The van der Waals surface area contributed by atoms with E-state index in [0.717, 1.165) is 11.3 Å². The van der Waals surface area contributed by atoms with E-state index in [2.05, 4.69) is 9.97 Å². The predicted octanol–water partition coefficient (Wildman–Crippen LogP) is 1.61. The third kappa shape index (κ3) is 3.51. The van der Waals surface area contributed by atoms with Gasteiger partial charge in [-0.3, -0.25) is 9.78 Å². The van der Waals surface area contributed by atoms with Gasteiger partial charge in [-0.2, -0.15) is 0 Å². The molecule has 0 N–H and O–H groups in total. The summed E-state index contributed by atoms with van der Waals surface area (Å²) in [5.41, 5.74) is 1.76. The second-order valence-electron chi connectivity index (χ2n) is 4.18. The maximum absolute atomic E-state index is 11.4. The van der Waals surface area contributed by atoms with Crippen LogP contribution in [0.1, 0.15) is 0 Å². The molecule has 0 aliphatic carbocycles. The number of nitrogens with zero attached hydrogens (tertiary/aromatic N) is 3. The van der Waals surface area contributed by atoms with Crippen LogP contribution in [0.3, 0.4) is 0 Å². The van der Waals surface area contributed by atoms with Crippen LogP contribution in [0.4, 0.5) is 0 Å². The van der Waals surface area contributed by atoms with Gasteiger partial charge in [0.15, 0.2) is 6.61 Å². The molecule has 0 aliphatic rings. The number of aromatic nitrogens is 2. The SMILES string of the molecule is CN(C)C(=O)COc1ccc(-c2ccccn2)cn1. The Balaban J connectivity index is 2.01. The molecule has 0 aliphatic heterocycles. The highest BCUT2D eigenvalue weighted by atomic mass is 16.5. The van der Waals surface area contributed by atoms with E-state index in [9.17, 15) is 4.79 Å². The number of carbonyl (C=O) groups is 1. The summed E-state index contributed by atoms with van der Waals surface area (Å²) < 4.78 is 5.30. The van der Waals surface area contributed by atoms with Gasteiger partial charge < -0.3 is 9.64 Å². The third-order valence-electron chi connectivity index (χ3n) is 2.54. The molecule has 0 saturated heterocycles. The first-order valence-corrected chi connectivity index (χ1v) is 5.87. The van der Waals surface area contributed by atoms with Crippen LogP contribution in [0.2, 0.25) is 0 Å². The Bertz CT molecular complexity index is 538. The molecule has 0 saturated carbocycles. The number of hydrogen-bond acceptors (Lipinski definition) is 4. The zero-order valence-corrected chi connectivity index (χ0v) is 10.9. The van der Waals surface area contributed by atoms with E-state index < -0.39 is 0 Å². The second kappa shape index (κ2) is 5.95. The maximum atomic E-state index is 11.4. The number of pyridine rings is 2. The smallest absolute Gasteiger partial charge is 0.260 e. The number of likely N-dealkylation sites (N-methyl/N-ethyl adjacent to an activating group) is 1. The van der Waals surface area contributed by atoms with E-state index >= 15 is 0 Å². The summed E-state index contributed by atoms with van der Waals surface area (Å²) in [6.07, 6.45) is 3.41. The van der Waals surface area contributed by atoms with Crippen LogP contribution in [0.25, 0.3) is 11.3 Å². The van der Waals surface area contributed by atoms with Gasteiger partial charge in [-0.15, -0.1) is 0 Å². The first-order chi connectivity index (χ1) is 9.16. The van der Waals surface area contributed by atoms with Gasteiger partial charge in [-0.25, -0.2) is 4.98 Å². The molecule has 0 spiro atoms. The predicted molar refractivity (Wildman–Crippen MR) is 71.7 cm³/mol. The molecule has 2 aromatic heterocycles. The monoisotopic (exact) mass is 257 g/mol. The molecule has 1 amide bonds. The van der Waals surface area contributed by atoms with Gasteiger partial charge >= 0.3 is 0 Å². The average molecular weight is 257 g/mol. The third-order valence-corrected chi connectivity index (χ3v) is 2.54. The van der Waals surface area contributed by atoms with Gasteiger partial charge in [0.05, 0.1) is 5.69 Å². The van der Waals surface area contributed by atoms with Crippen molar-refractivity contribution in [2.75, 3.05) is 20.7 Å². The standard InChI is InChI=1S/C14H15N3O2/c1-17(2)14(18)10-19-13-7-6-11(9-16-13)12-5-3-4-8-15-12/h3-9H,10H2,1-2H3. The van der Waals surface area contributed by atoms with Gasteiger partial charge in [0.1, 0.15) is 0 Å². The fourth-order valence-electron chi connectivity index (χ4n) is 1.42. The van der Waals surface area contributed by atoms with E-state index in [0.29, 0.717) is 5.88 Å². The number of ether oxygens (including phenoxy) is 1. The van der Waals surface area contributed by atoms with Crippen molar-refractivity contribution in [2.45, 2.75) is 0 Å². The summed E-state index contributed by atoms with van der Waals surface area (Å²) in [7, 11) is 3.37. The van der Waals surface area contributed by atoms with E-state index in [1.165, 1.54) is 4.90 Å². The average Bonchev–Trinajstić information content (AvgIpc) is 2.46. The Kier molecular flexibility index (Phi) is 4.07. The highest BCUT2D eigenvalue weighted by Gasteiger charge is 2.06. The van der Waals surface area contributed by atoms with Crippen molar-refractivity contribution >= 4 is 5.91 Å². The summed E-state index contributed by atoms with van der Waals surface area (Å²) in [4.78, 5) is 21.2. The Labute approximate surface area is 111 Å². The zero-order valence-electron chi connectivity index (χ0n) is 10.9. The summed E-state index contributed by atoms with van der Waals surface area (Å²) in [6.45, 7) is -0.0110. The lowest BCUT2D eigenvalue weighted by Crippen LogP contribution is -2.27. The molecule has 98 valence electrons. The molecule has 0 radical (unpaired) electrons. The molecule has 0 fully saturated rings. The van der Waals surface area contributed by atoms with Crippen LogP contribution in [-0.4, -0.2) is 41.5 Å². The fourth-order valence-corrected chi connectivity index (χ4v) is 1.42. The Hall–Kier alpha value is -2.43. The first-order valence-electron chi connectivity index (χ1n) is 5.87. The minimum Gasteiger partial charge on any atom is -0.468 e. The van der Waals surface area contributed by atoms with Gasteiger partial charge in [-0.1, -0.05) is 6.07 Å². The lowest BCUT2D eigenvalue weighted by molar-refractivity contribution is -0.130. The van der Waals surface area contributed by atoms with Crippen LogP contribution in [0.5, 0.6) is 5.88 Å². The van der Waals surface area contributed by atoms with E-state index in [-0.39, 0.29) is 12.5 Å². The fraction of sp³-hybridized carbons (Fsp3) is 0.214. The van der Waals surface area contributed by atoms with Crippen molar-refractivity contribution in [1.29, 1.82) is 0 Å². The first kappa shape index (κ1) is 13.0. The lowest BCUT2D eigenvalue weighted by Gasteiger charge is -2.10. The van der Waals surface area contributed by atoms with Gasteiger partial charge in [0.2, 0.25) is 5.88 Å². The molecular formula is C14H15N3O2. The van der Waals surface area contributed by atoms with Crippen LogP contribution in [-0.2, 0) is 4.79 Å². The molecular weight excluding hydrogens is 242 g/mol. The Morgan fingerprint density at radius 3 is 2.63 bits per heavy atom. The number of rotatable bonds is 4. The van der Waals surface area contributed by atoms with Crippen LogP contribution in [0, 0.1) is 0 Å². The molecule has 19 heavy (non-hydrogen) atoms. The highest BCUT2D eigenvalue weighted by Crippen LogP contribution is 2.17. The van der Waals surface area contributed by atoms with E-state index in [1.54, 1.807) is 32.6 Å². The van der Waals surface area contributed by atoms with Gasteiger partial charge in [0.25, 0.3) is 5.91 Å². The van der Waals surface area contributed by atoms with Crippen molar-refractivity contribution in [2.24, 2.45) is 0 Å². The van der Waals surface area contributed by atoms with Crippen LogP contribution >= 0.6 is 0 Å². The van der Waals surface area contributed by atoms with Crippen molar-refractivity contribution in [3.63, 3.8) is 0 Å². The second-order valence-corrected chi connectivity index (χ2v) is 4.18. The van der Waals surface area contributed by atoms with Crippen molar-refractivity contribution in [3.8, 4) is 17.1 Å². The summed E-state index contributed by atoms with van der Waals surface area (Å²) in [5.74, 6) is 0.325. The summed E-state index contributed by atoms with van der Waals surface area (Å²) >= 11 is 0. The molecule has 0 unspecified atom stereocenters. The quantitative estimate of drug-likeness (QED) is 0.835. The van der Waals surface area contributed by atoms with Crippen molar-refractivity contribution in [1.82, 2.24) is 14.9 Å². The molecule has 0 atom stereocenters. The van der Waals surface area contributed by atoms with Gasteiger partial charge in [0, 0.05) is 38.1 Å². The molecule has 0 bridgehead atoms. The topological polar surface area (TPSA) is 55.3 Å². The normalized spacial score (nSPS) is 10.0. The summed E-state index contributed by atoms with van der Waals surface area (Å²) in [6, 6.07) is 9.29. The van der Waals surface area contributed by atoms with E-state index in [4.69, 9.17) is 4.74 Å². The van der Waals surface area contributed by atoms with Crippen molar-refractivity contribution < 1.29 is 9.53 Å². The largest absolute Gasteiger partial charge is 0.468 e. The maximum Gasteiger partial charge on any atom is 0.260 e. The van der Waals surface area contributed by atoms with Gasteiger partial charge in [-0.05, 0) is 18.2 Å². The van der Waals surface area contributed by atoms with Crippen LogP contribution < -0.4 is 4.74 Å².